The number of halogens is 1. The van der Waals surface area contributed by atoms with Crippen LogP contribution in [-0.2, 0) is 16.4 Å². The first-order chi connectivity index (χ1) is 13.7. The number of nitrogens with two attached hydrogens (primary N) is 1. The van der Waals surface area contributed by atoms with Gasteiger partial charge in [-0.15, -0.1) is 10.2 Å². The molecule has 0 unspecified atom stereocenters. The lowest BCUT2D eigenvalue weighted by Crippen LogP contribution is -2.16. The average molecular weight is 497 g/mol. The van der Waals surface area contributed by atoms with Crippen molar-refractivity contribution in [3.8, 4) is 5.75 Å². The zero-order chi connectivity index (χ0) is 21.0. The lowest BCUT2D eigenvalue weighted by Gasteiger charge is -2.08. The minimum atomic E-state index is -3.37. The van der Waals surface area contributed by atoms with Crippen molar-refractivity contribution in [3.63, 3.8) is 0 Å². The first-order valence-corrected chi connectivity index (χ1v) is 12.2. The van der Waals surface area contributed by atoms with Crippen LogP contribution in [0.5, 0.6) is 5.75 Å². The van der Waals surface area contributed by atoms with Crippen LogP contribution in [0, 0.1) is 13.8 Å². The number of benzene rings is 2. The smallest absolute Gasteiger partial charge is 0.209 e. The quantitative estimate of drug-likeness (QED) is 0.376. The Labute approximate surface area is 182 Å². The Balaban J connectivity index is 1.57. The van der Waals surface area contributed by atoms with Gasteiger partial charge in [0.25, 0.3) is 0 Å². The lowest BCUT2D eigenvalue weighted by atomic mass is 10.1. The molecule has 0 saturated heterocycles. The van der Waals surface area contributed by atoms with Crippen LogP contribution in [0.1, 0.15) is 17.0 Å². The molecule has 3 rings (SSSR count). The van der Waals surface area contributed by atoms with E-state index in [0.29, 0.717) is 16.7 Å². The second-order valence-electron chi connectivity index (χ2n) is 6.50. The highest BCUT2D eigenvalue weighted by atomic mass is 79.9. The number of ether oxygens (including phenoxy) is 1. The van der Waals surface area contributed by atoms with E-state index in [1.165, 1.54) is 16.4 Å². The molecule has 2 N–H and O–H groups in total. The molecule has 3 aromatic rings. The minimum absolute atomic E-state index is 0.0272. The van der Waals surface area contributed by atoms with E-state index in [-0.39, 0.29) is 17.3 Å². The predicted molar refractivity (Wildman–Crippen MR) is 117 cm³/mol. The molecular weight excluding hydrogens is 476 g/mol. The van der Waals surface area contributed by atoms with Crippen LogP contribution in [0.25, 0.3) is 0 Å². The van der Waals surface area contributed by atoms with E-state index < -0.39 is 9.84 Å². The molecule has 0 atom stereocenters. The summed E-state index contributed by atoms with van der Waals surface area (Å²) in [4.78, 5) is 0.290. The normalized spacial score (nSPS) is 11.6. The summed E-state index contributed by atoms with van der Waals surface area (Å²) >= 11 is 4.54. The summed E-state index contributed by atoms with van der Waals surface area (Å²) in [6.45, 7) is 4.18. The van der Waals surface area contributed by atoms with Gasteiger partial charge in [0.2, 0.25) is 5.16 Å². The van der Waals surface area contributed by atoms with E-state index in [0.717, 1.165) is 21.3 Å². The number of nitrogen functional groups attached to an aromatic ring is 1. The van der Waals surface area contributed by atoms with E-state index in [9.17, 15) is 8.42 Å². The van der Waals surface area contributed by atoms with Crippen molar-refractivity contribution < 1.29 is 13.2 Å². The van der Waals surface area contributed by atoms with E-state index in [1.807, 2.05) is 26.0 Å². The molecule has 1 aromatic heterocycles. The van der Waals surface area contributed by atoms with Gasteiger partial charge in [0.05, 0.1) is 10.6 Å². The monoisotopic (exact) mass is 496 g/mol. The second kappa shape index (κ2) is 9.19. The molecule has 0 aliphatic carbocycles. The predicted octanol–water partition coefficient (Wildman–Crippen LogP) is 3.52. The average Bonchev–Trinajstić information content (AvgIpc) is 2.99. The number of thioether (sulfide) groups is 1. The summed E-state index contributed by atoms with van der Waals surface area (Å²) in [5.41, 5.74) is 2.22. The van der Waals surface area contributed by atoms with Crippen molar-refractivity contribution in [2.45, 2.75) is 30.5 Å². The SMILES string of the molecule is Cc1cc(C)cc(OCc2nnc(SCCS(=O)(=O)c3ccc(Br)cc3)n2N)c1. The maximum Gasteiger partial charge on any atom is 0.209 e. The second-order valence-corrected chi connectivity index (χ2v) is 10.6. The fourth-order valence-electron chi connectivity index (χ4n) is 2.67. The van der Waals surface area contributed by atoms with E-state index in [4.69, 9.17) is 10.6 Å². The van der Waals surface area contributed by atoms with E-state index in [1.54, 1.807) is 24.3 Å². The van der Waals surface area contributed by atoms with Crippen molar-refractivity contribution in [1.82, 2.24) is 14.9 Å². The van der Waals surface area contributed by atoms with Gasteiger partial charge in [0, 0.05) is 10.2 Å². The maximum absolute atomic E-state index is 12.4. The first-order valence-electron chi connectivity index (χ1n) is 8.76. The number of sulfone groups is 1. The van der Waals surface area contributed by atoms with Crippen LogP contribution in [-0.4, -0.2) is 34.8 Å². The molecule has 0 spiro atoms. The molecule has 154 valence electrons. The molecule has 0 aliphatic heterocycles. The number of aromatic nitrogens is 3. The fraction of sp³-hybridized carbons (Fsp3) is 0.263. The lowest BCUT2D eigenvalue weighted by molar-refractivity contribution is 0.291. The summed E-state index contributed by atoms with van der Waals surface area (Å²) in [6, 6.07) is 12.5. The van der Waals surface area contributed by atoms with Gasteiger partial charge in [-0.2, -0.15) is 0 Å². The van der Waals surface area contributed by atoms with Gasteiger partial charge in [-0.05, 0) is 61.4 Å². The molecule has 0 radical (unpaired) electrons. The van der Waals surface area contributed by atoms with Crippen molar-refractivity contribution in [2.24, 2.45) is 0 Å². The zero-order valence-electron chi connectivity index (χ0n) is 16.0. The Bertz CT molecular complexity index is 1080. The van der Waals surface area contributed by atoms with Crippen molar-refractivity contribution in [3.05, 3.63) is 63.9 Å². The highest BCUT2D eigenvalue weighted by Gasteiger charge is 2.16. The Hall–Kier alpha value is -2.04. The third-order valence-corrected chi connectivity index (χ3v) is 7.52. The Morgan fingerprint density at radius 1 is 1.10 bits per heavy atom. The van der Waals surface area contributed by atoms with Gasteiger partial charge in [-0.1, -0.05) is 33.8 Å². The molecule has 2 aromatic carbocycles. The number of hydrogen-bond acceptors (Lipinski definition) is 7. The number of nitrogens with zero attached hydrogens (tertiary/aromatic N) is 3. The van der Waals surface area contributed by atoms with E-state index in [2.05, 4.69) is 32.2 Å². The summed E-state index contributed by atoms with van der Waals surface area (Å²) in [7, 11) is -3.37. The van der Waals surface area contributed by atoms with Crippen molar-refractivity contribution >= 4 is 37.5 Å². The summed E-state index contributed by atoms with van der Waals surface area (Å²) in [5.74, 6) is 7.52. The summed E-state index contributed by atoms with van der Waals surface area (Å²) < 4.78 is 32.8. The van der Waals surface area contributed by atoms with Crippen LogP contribution in [0.15, 0.2) is 57.0 Å². The molecule has 0 amide bonds. The molecule has 29 heavy (non-hydrogen) atoms. The number of aryl methyl sites for hydroxylation is 2. The standard InChI is InChI=1S/C19H21BrN4O3S2/c1-13-9-14(2)11-16(10-13)27-12-18-22-23-19(24(18)21)28-7-8-29(25,26)17-5-3-15(20)4-6-17/h3-6,9-11H,7-8,12,21H2,1-2H3. The van der Waals surface area contributed by atoms with Crippen LogP contribution < -0.4 is 10.6 Å². The summed E-state index contributed by atoms with van der Waals surface area (Å²) in [5, 5.41) is 8.52. The van der Waals surface area contributed by atoms with Crippen LogP contribution in [0.4, 0.5) is 0 Å². The van der Waals surface area contributed by atoms with Crippen LogP contribution >= 0.6 is 27.7 Å². The molecule has 0 aliphatic rings. The molecule has 10 heteroatoms. The van der Waals surface area contributed by atoms with Gasteiger partial charge < -0.3 is 10.6 Å². The van der Waals surface area contributed by atoms with Crippen LogP contribution in [0.2, 0.25) is 0 Å². The van der Waals surface area contributed by atoms with Gasteiger partial charge in [0.15, 0.2) is 15.7 Å². The molecule has 0 bridgehead atoms. The molecular formula is C19H21BrN4O3S2. The Morgan fingerprint density at radius 2 is 1.76 bits per heavy atom. The number of hydrogen-bond donors (Lipinski definition) is 1. The largest absolute Gasteiger partial charge is 0.486 e. The highest BCUT2D eigenvalue weighted by Crippen LogP contribution is 2.21. The topological polar surface area (TPSA) is 100 Å². The summed E-state index contributed by atoms with van der Waals surface area (Å²) in [6.07, 6.45) is 0. The van der Waals surface area contributed by atoms with Crippen LogP contribution in [0.3, 0.4) is 0 Å². The zero-order valence-corrected chi connectivity index (χ0v) is 19.2. The highest BCUT2D eigenvalue weighted by molar-refractivity contribution is 9.10. The molecule has 7 nitrogen and oxygen atoms in total. The van der Waals surface area contributed by atoms with Gasteiger partial charge in [-0.3, -0.25) is 0 Å². The molecule has 0 fully saturated rings. The van der Waals surface area contributed by atoms with Gasteiger partial charge in [-0.25, -0.2) is 13.1 Å². The molecule has 1 heterocycles. The maximum atomic E-state index is 12.4. The van der Waals surface area contributed by atoms with E-state index >= 15 is 0 Å². The Morgan fingerprint density at radius 3 is 2.41 bits per heavy atom. The number of rotatable bonds is 8. The fourth-order valence-corrected chi connectivity index (χ4v) is 5.46. The third-order valence-electron chi connectivity index (χ3n) is 4.05. The first kappa shape index (κ1) is 21.7. The Kier molecular flexibility index (Phi) is 6.86. The van der Waals surface area contributed by atoms with Crippen molar-refractivity contribution in [1.29, 1.82) is 0 Å². The third kappa shape index (κ3) is 5.74. The van der Waals surface area contributed by atoms with Gasteiger partial charge >= 0.3 is 0 Å². The minimum Gasteiger partial charge on any atom is -0.486 e. The van der Waals surface area contributed by atoms with Crippen molar-refractivity contribution in [2.75, 3.05) is 17.3 Å². The van der Waals surface area contributed by atoms with Gasteiger partial charge in [0.1, 0.15) is 12.4 Å². The molecule has 0 saturated carbocycles.